The predicted molar refractivity (Wildman–Crippen MR) is 73.0 cm³/mol. The van der Waals surface area contributed by atoms with Crippen LogP contribution in [-0.4, -0.2) is 31.4 Å². The van der Waals surface area contributed by atoms with Crippen molar-refractivity contribution in [1.82, 2.24) is 0 Å². The Kier molecular flexibility index (Phi) is 5.63. The number of carbonyl (C=O) groups excluding carboxylic acids is 1. The highest BCUT2D eigenvalue weighted by molar-refractivity contribution is 5.71. The van der Waals surface area contributed by atoms with E-state index in [1.807, 2.05) is 20.8 Å². The number of nitrogens with two attached hydrogens (primary N) is 1. The zero-order valence-electron chi connectivity index (χ0n) is 11.6. The summed E-state index contributed by atoms with van der Waals surface area (Å²) >= 11 is 0. The smallest absolute Gasteiger partial charge is 0.332 e. The van der Waals surface area contributed by atoms with Crippen molar-refractivity contribution in [2.24, 2.45) is 0 Å². The number of rotatable bonds is 6. The predicted octanol–water partition coefficient (Wildman–Crippen LogP) is 2.01. The normalized spacial score (nSPS) is 11.1. The first-order chi connectivity index (χ1) is 8.87. The summed E-state index contributed by atoms with van der Waals surface area (Å²) in [7, 11) is 0. The molecule has 0 fully saturated rings. The highest BCUT2D eigenvalue weighted by atomic mass is 16.6. The molecule has 0 saturated carbocycles. The van der Waals surface area contributed by atoms with E-state index in [4.69, 9.17) is 19.9 Å². The molecule has 106 valence electrons. The Morgan fingerprint density at radius 3 is 2.37 bits per heavy atom. The van der Waals surface area contributed by atoms with Crippen LogP contribution in [0.25, 0.3) is 0 Å². The Bertz CT molecular complexity index is 395. The van der Waals surface area contributed by atoms with Gasteiger partial charge in [-0.3, -0.25) is 0 Å². The molecule has 19 heavy (non-hydrogen) atoms. The van der Waals surface area contributed by atoms with Gasteiger partial charge in [0.2, 0.25) is 0 Å². The van der Waals surface area contributed by atoms with Crippen LogP contribution in [0.4, 0.5) is 5.69 Å². The summed E-state index contributed by atoms with van der Waals surface area (Å²) in [5, 5.41) is 0. The zero-order valence-corrected chi connectivity index (χ0v) is 11.6. The highest BCUT2D eigenvalue weighted by Crippen LogP contribution is 2.12. The van der Waals surface area contributed by atoms with Crippen molar-refractivity contribution in [2.75, 3.05) is 25.6 Å². The van der Waals surface area contributed by atoms with E-state index in [0.717, 1.165) is 5.75 Å². The molecule has 0 atom stereocenters. The number of nitrogen functional groups attached to an aromatic ring is 1. The summed E-state index contributed by atoms with van der Waals surface area (Å²) in [6.45, 7) is 6.07. The molecule has 0 aliphatic rings. The van der Waals surface area contributed by atoms with E-state index in [-0.39, 0.29) is 12.6 Å². The van der Waals surface area contributed by atoms with Crippen LogP contribution in [0.2, 0.25) is 0 Å². The molecule has 0 saturated heterocycles. The van der Waals surface area contributed by atoms with Gasteiger partial charge in [0.05, 0.1) is 6.61 Å². The van der Waals surface area contributed by atoms with E-state index in [9.17, 15) is 4.79 Å². The largest absolute Gasteiger partial charge is 0.491 e. The first kappa shape index (κ1) is 15.3. The van der Waals surface area contributed by atoms with E-state index in [1.165, 1.54) is 0 Å². The second kappa shape index (κ2) is 6.99. The lowest BCUT2D eigenvalue weighted by Gasteiger charge is -2.19. The van der Waals surface area contributed by atoms with Gasteiger partial charge in [-0.25, -0.2) is 4.79 Å². The standard InChI is InChI=1S/C14H21NO4/c1-14(2,3)19-13(16)10-17-8-9-18-12-6-4-11(15)5-7-12/h4-7H,8-10,15H2,1-3H3. The second-order valence-electron chi connectivity index (χ2n) is 5.06. The van der Waals surface area contributed by atoms with E-state index in [1.54, 1.807) is 24.3 Å². The summed E-state index contributed by atoms with van der Waals surface area (Å²) in [5.41, 5.74) is 5.76. The van der Waals surface area contributed by atoms with Crippen LogP contribution < -0.4 is 10.5 Å². The Labute approximate surface area is 113 Å². The quantitative estimate of drug-likeness (QED) is 0.485. The fraction of sp³-hybridized carbons (Fsp3) is 0.500. The van der Waals surface area contributed by atoms with E-state index in [0.29, 0.717) is 18.9 Å². The van der Waals surface area contributed by atoms with E-state index in [2.05, 4.69) is 0 Å². The van der Waals surface area contributed by atoms with E-state index < -0.39 is 5.60 Å². The molecule has 0 aliphatic heterocycles. The summed E-state index contributed by atoms with van der Waals surface area (Å²) < 4.78 is 15.7. The Morgan fingerprint density at radius 1 is 1.16 bits per heavy atom. The Hall–Kier alpha value is -1.75. The highest BCUT2D eigenvalue weighted by Gasteiger charge is 2.15. The van der Waals surface area contributed by atoms with Crippen molar-refractivity contribution in [2.45, 2.75) is 26.4 Å². The molecule has 0 heterocycles. The molecule has 1 aromatic carbocycles. The summed E-state index contributed by atoms with van der Waals surface area (Å²) in [6, 6.07) is 7.08. The first-order valence-corrected chi connectivity index (χ1v) is 6.15. The van der Waals surface area contributed by atoms with Crippen molar-refractivity contribution in [3.05, 3.63) is 24.3 Å². The third-order valence-corrected chi connectivity index (χ3v) is 2.02. The van der Waals surface area contributed by atoms with E-state index >= 15 is 0 Å². The zero-order chi connectivity index (χ0) is 14.3. The average molecular weight is 267 g/mol. The number of anilines is 1. The monoisotopic (exact) mass is 267 g/mol. The van der Waals surface area contributed by atoms with Crippen LogP contribution in [0.15, 0.2) is 24.3 Å². The molecule has 5 nitrogen and oxygen atoms in total. The van der Waals surface area contributed by atoms with Crippen LogP contribution >= 0.6 is 0 Å². The van der Waals surface area contributed by atoms with Crippen LogP contribution in [0, 0.1) is 0 Å². The molecule has 0 amide bonds. The molecule has 0 bridgehead atoms. The number of benzene rings is 1. The fourth-order valence-corrected chi connectivity index (χ4v) is 1.31. The van der Waals surface area contributed by atoms with Crippen molar-refractivity contribution in [3.63, 3.8) is 0 Å². The van der Waals surface area contributed by atoms with Crippen molar-refractivity contribution in [3.8, 4) is 5.75 Å². The topological polar surface area (TPSA) is 70.8 Å². The van der Waals surface area contributed by atoms with Gasteiger partial charge in [-0.15, -0.1) is 0 Å². The lowest BCUT2D eigenvalue weighted by Crippen LogP contribution is -2.27. The molecule has 1 rings (SSSR count). The number of carbonyl (C=O) groups is 1. The van der Waals surface area contributed by atoms with Crippen LogP contribution in [0.3, 0.4) is 0 Å². The molecular weight excluding hydrogens is 246 g/mol. The third kappa shape index (κ3) is 7.31. The summed E-state index contributed by atoms with van der Waals surface area (Å²) in [5.74, 6) is 0.343. The third-order valence-electron chi connectivity index (χ3n) is 2.02. The SMILES string of the molecule is CC(C)(C)OC(=O)COCCOc1ccc(N)cc1. The van der Waals surface area contributed by atoms with Gasteiger partial charge < -0.3 is 19.9 Å². The molecule has 0 aromatic heterocycles. The molecule has 0 aliphatic carbocycles. The van der Waals surface area contributed by atoms with Gasteiger partial charge in [0, 0.05) is 5.69 Å². The molecule has 5 heteroatoms. The molecular formula is C14H21NO4. The summed E-state index contributed by atoms with van der Waals surface area (Å²) in [4.78, 5) is 11.3. The molecule has 2 N–H and O–H groups in total. The maximum atomic E-state index is 11.3. The minimum Gasteiger partial charge on any atom is -0.491 e. The summed E-state index contributed by atoms with van der Waals surface area (Å²) in [6.07, 6.45) is 0. The van der Waals surface area contributed by atoms with Gasteiger partial charge in [0.25, 0.3) is 0 Å². The number of ether oxygens (including phenoxy) is 3. The maximum Gasteiger partial charge on any atom is 0.332 e. The molecule has 0 spiro atoms. The minimum atomic E-state index is -0.485. The molecule has 0 unspecified atom stereocenters. The number of hydrogen-bond donors (Lipinski definition) is 1. The van der Waals surface area contributed by atoms with Crippen molar-refractivity contribution in [1.29, 1.82) is 0 Å². The Morgan fingerprint density at radius 2 is 1.79 bits per heavy atom. The lowest BCUT2D eigenvalue weighted by atomic mass is 10.2. The van der Waals surface area contributed by atoms with Crippen LogP contribution in [-0.2, 0) is 14.3 Å². The first-order valence-electron chi connectivity index (χ1n) is 6.15. The van der Waals surface area contributed by atoms with Crippen molar-refractivity contribution >= 4 is 11.7 Å². The van der Waals surface area contributed by atoms with Gasteiger partial charge >= 0.3 is 5.97 Å². The number of hydrogen-bond acceptors (Lipinski definition) is 5. The molecule has 0 radical (unpaired) electrons. The van der Waals surface area contributed by atoms with Gasteiger partial charge in [-0.05, 0) is 45.0 Å². The van der Waals surface area contributed by atoms with Gasteiger partial charge in [-0.2, -0.15) is 0 Å². The van der Waals surface area contributed by atoms with Crippen molar-refractivity contribution < 1.29 is 19.0 Å². The molecule has 1 aromatic rings. The maximum absolute atomic E-state index is 11.3. The average Bonchev–Trinajstić information content (AvgIpc) is 2.29. The van der Waals surface area contributed by atoms with Gasteiger partial charge in [0.1, 0.15) is 24.6 Å². The van der Waals surface area contributed by atoms with Gasteiger partial charge in [-0.1, -0.05) is 0 Å². The lowest BCUT2D eigenvalue weighted by molar-refractivity contribution is -0.160. The number of esters is 1. The Balaban J connectivity index is 2.11. The fourth-order valence-electron chi connectivity index (χ4n) is 1.31. The van der Waals surface area contributed by atoms with Gasteiger partial charge in [0.15, 0.2) is 0 Å². The second-order valence-corrected chi connectivity index (χ2v) is 5.06. The minimum absolute atomic E-state index is 0.0671. The van der Waals surface area contributed by atoms with Crippen LogP contribution in [0.1, 0.15) is 20.8 Å². The van der Waals surface area contributed by atoms with Crippen LogP contribution in [0.5, 0.6) is 5.75 Å².